The van der Waals surface area contributed by atoms with Crippen LogP contribution in [-0.4, -0.2) is 11.5 Å². The van der Waals surface area contributed by atoms with Crippen molar-refractivity contribution in [2.45, 2.75) is 52.2 Å². The maximum Gasteiger partial charge on any atom is 0.224 e. The Balaban J connectivity index is 0.00000243. The van der Waals surface area contributed by atoms with Gasteiger partial charge in [-0.3, -0.25) is 4.79 Å². The van der Waals surface area contributed by atoms with E-state index in [0.29, 0.717) is 18.5 Å². The molecule has 0 saturated carbocycles. The molecule has 0 aliphatic carbocycles. The number of carbonyl (C=O) groups excluding carboxylic acids is 1. The van der Waals surface area contributed by atoms with E-state index in [1.165, 1.54) is 5.56 Å². The molecule has 3 rings (SSSR count). The van der Waals surface area contributed by atoms with Crippen molar-refractivity contribution in [2.24, 2.45) is 0 Å². The summed E-state index contributed by atoms with van der Waals surface area (Å²) in [5, 5.41) is 3.18. The zero-order chi connectivity index (χ0) is 18.2. The van der Waals surface area contributed by atoms with E-state index in [-0.39, 0.29) is 30.0 Å². The Labute approximate surface area is 161 Å². The van der Waals surface area contributed by atoms with Gasteiger partial charge >= 0.3 is 0 Å². The molecule has 3 N–H and O–H groups in total. The van der Waals surface area contributed by atoms with Gasteiger partial charge in [-0.25, -0.2) is 0 Å². The molecule has 0 radical (unpaired) electrons. The molecule has 26 heavy (non-hydrogen) atoms. The van der Waals surface area contributed by atoms with Crippen molar-refractivity contribution >= 4 is 24.0 Å². The molecule has 0 bridgehead atoms. The van der Waals surface area contributed by atoms with E-state index < -0.39 is 0 Å². The van der Waals surface area contributed by atoms with Crippen LogP contribution in [-0.2, 0) is 11.2 Å². The summed E-state index contributed by atoms with van der Waals surface area (Å²) in [6, 6.07) is 11.7. The van der Waals surface area contributed by atoms with E-state index in [1.54, 1.807) is 0 Å². The Morgan fingerprint density at radius 1 is 1.23 bits per heavy atom. The third-order valence-corrected chi connectivity index (χ3v) is 4.68. The van der Waals surface area contributed by atoms with Crippen LogP contribution < -0.4 is 15.8 Å². The lowest BCUT2D eigenvalue weighted by atomic mass is 9.89. The van der Waals surface area contributed by atoms with Crippen LogP contribution in [0.3, 0.4) is 0 Å². The highest BCUT2D eigenvalue weighted by molar-refractivity contribution is 5.85. The van der Waals surface area contributed by atoms with Gasteiger partial charge in [0.1, 0.15) is 11.4 Å². The van der Waals surface area contributed by atoms with Gasteiger partial charge in [0.05, 0.1) is 12.5 Å². The van der Waals surface area contributed by atoms with Gasteiger partial charge < -0.3 is 15.8 Å². The summed E-state index contributed by atoms with van der Waals surface area (Å²) in [5.74, 6) is 0.812. The second-order valence-electron chi connectivity index (χ2n) is 7.59. The van der Waals surface area contributed by atoms with E-state index >= 15 is 0 Å². The first-order valence-corrected chi connectivity index (χ1v) is 8.67. The average Bonchev–Trinajstić information content (AvgIpc) is 2.51. The van der Waals surface area contributed by atoms with Crippen LogP contribution in [0.4, 0.5) is 5.69 Å². The summed E-state index contributed by atoms with van der Waals surface area (Å²) in [6.45, 7) is 8.16. The van der Waals surface area contributed by atoms with Crippen LogP contribution in [0.5, 0.6) is 5.75 Å². The van der Waals surface area contributed by atoms with E-state index in [0.717, 1.165) is 22.4 Å². The van der Waals surface area contributed by atoms with E-state index in [9.17, 15) is 4.79 Å². The van der Waals surface area contributed by atoms with Gasteiger partial charge in [-0.1, -0.05) is 23.8 Å². The molecule has 1 heterocycles. The van der Waals surface area contributed by atoms with Crippen molar-refractivity contribution in [3.8, 4) is 5.75 Å². The number of aryl methyl sites for hydroxylation is 2. The predicted octanol–water partition coefficient (Wildman–Crippen LogP) is 4.27. The van der Waals surface area contributed by atoms with Crippen molar-refractivity contribution in [3.05, 3.63) is 58.7 Å². The molecule has 1 atom stereocenters. The van der Waals surface area contributed by atoms with Gasteiger partial charge in [-0.15, -0.1) is 12.4 Å². The highest BCUT2D eigenvalue weighted by Crippen LogP contribution is 2.40. The number of nitrogen functional groups attached to an aromatic ring is 1. The van der Waals surface area contributed by atoms with Crippen molar-refractivity contribution in [2.75, 3.05) is 5.73 Å². The minimum absolute atomic E-state index is 0. The quantitative estimate of drug-likeness (QED) is 0.788. The number of ether oxygens (including phenoxy) is 1. The number of anilines is 1. The molecular formula is C21H27ClN2O2. The molecule has 0 fully saturated rings. The third-order valence-electron chi connectivity index (χ3n) is 4.68. The van der Waals surface area contributed by atoms with Crippen molar-refractivity contribution < 1.29 is 9.53 Å². The third kappa shape index (κ3) is 4.50. The molecular weight excluding hydrogens is 348 g/mol. The van der Waals surface area contributed by atoms with Gasteiger partial charge in [0.2, 0.25) is 5.91 Å². The second kappa shape index (κ2) is 7.58. The molecule has 1 amide bonds. The number of hydrogen-bond acceptors (Lipinski definition) is 3. The topological polar surface area (TPSA) is 64.3 Å². The average molecular weight is 375 g/mol. The van der Waals surface area contributed by atoms with Crippen LogP contribution in [0.15, 0.2) is 36.4 Å². The van der Waals surface area contributed by atoms with Crippen molar-refractivity contribution in [1.82, 2.24) is 5.32 Å². The second-order valence-corrected chi connectivity index (χ2v) is 7.59. The van der Waals surface area contributed by atoms with Crippen LogP contribution in [0.1, 0.15) is 48.6 Å². The number of benzene rings is 2. The Bertz CT molecular complexity index is 818. The maximum atomic E-state index is 12.7. The summed E-state index contributed by atoms with van der Waals surface area (Å²) in [4.78, 5) is 12.7. The fourth-order valence-electron chi connectivity index (χ4n) is 3.41. The van der Waals surface area contributed by atoms with Gasteiger partial charge in [0, 0.05) is 17.7 Å². The van der Waals surface area contributed by atoms with Crippen LogP contribution >= 0.6 is 12.4 Å². The molecule has 1 unspecified atom stereocenters. The fourth-order valence-corrected chi connectivity index (χ4v) is 3.41. The maximum absolute atomic E-state index is 12.7. The summed E-state index contributed by atoms with van der Waals surface area (Å²) < 4.78 is 6.03. The number of rotatable bonds is 3. The number of halogens is 1. The summed E-state index contributed by atoms with van der Waals surface area (Å²) in [5.41, 5.74) is 10.6. The lowest BCUT2D eigenvalue weighted by Crippen LogP contribution is -2.41. The number of fused-ring (bicyclic) bond motifs is 1. The molecule has 1 aliphatic rings. The van der Waals surface area contributed by atoms with Gasteiger partial charge in [-0.2, -0.15) is 0 Å². The fraction of sp³-hybridized carbons (Fsp3) is 0.381. The molecule has 0 spiro atoms. The number of nitrogens with two attached hydrogens (primary N) is 1. The molecule has 0 aromatic heterocycles. The SMILES string of the molecule is Cc1ccc(C)c(CC(=O)NC2CC(C)(C)Oc3ccc(N)cc32)c1.Cl. The van der Waals surface area contributed by atoms with E-state index in [4.69, 9.17) is 10.5 Å². The highest BCUT2D eigenvalue weighted by atomic mass is 35.5. The Kier molecular flexibility index (Phi) is 5.87. The first-order chi connectivity index (χ1) is 11.7. The van der Waals surface area contributed by atoms with Gasteiger partial charge in [0.15, 0.2) is 0 Å². The molecule has 4 nitrogen and oxygen atoms in total. The molecule has 2 aromatic rings. The summed E-state index contributed by atoms with van der Waals surface area (Å²) in [7, 11) is 0. The normalized spacial score (nSPS) is 17.5. The minimum Gasteiger partial charge on any atom is -0.487 e. The zero-order valence-corrected chi connectivity index (χ0v) is 16.6. The standard InChI is InChI=1S/C21H26N2O2.ClH/c1-13-5-6-14(2)15(9-13)10-20(24)23-18-12-21(3,4)25-19-8-7-16(22)11-17(18)19;/h5-9,11,18H,10,12,22H2,1-4H3,(H,23,24);1H. The molecule has 0 saturated heterocycles. The number of carbonyl (C=O) groups is 1. The molecule has 5 heteroatoms. The number of nitrogens with one attached hydrogen (secondary N) is 1. The Morgan fingerprint density at radius 3 is 2.69 bits per heavy atom. The highest BCUT2D eigenvalue weighted by Gasteiger charge is 2.34. The zero-order valence-electron chi connectivity index (χ0n) is 15.8. The Morgan fingerprint density at radius 2 is 1.96 bits per heavy atom. The summed E-state index contributed by atoms with van der Waals surface area (Å²) >= 11 is 0. The molecule has 140 valence electrons. The predicted molar refractivity (Wildman–Crippen MR) is 108 cm³/mol. The van der Waals surface area contributed by atoms with Crippen LogP contribution in [0.2, 0.25) is 0 Å². The van der Waals surface area contributed by atoms with E-state index in [2.05, 4.69) is 23.5 Å². The monoisotopic (exact) mass is 374 g/mol. The van der Waals surface area contributed by atoms with Crippen LogP contribution in [0.25, 0.3) is 0 Å². The number of amides is 1. The lowest BCUT2D eigenvalue weighted by molar-refractivity contribution is -0.121. The first kappa shape index (κ1) is 20.1. The van der Waals surface area contributed by atoms with Gasteiger partial charge in [-0.05, 0) is 57.0 Å². The summed E-state index contributed by atoms with van der Waals surface area (Å²) in [6.07, 6.45) is 1.09. The van der Waals surface area contributed by atoms with Gasteiger partial charge in [0.25, 0.3) is 0 Å². The first-order valence-electron chi connectivity index (χ1n) is 8.67. The molecule has 1 aliphatic heterocycles. The smallest absolute Gasteiger partial charge is 0.224 e. The molecule has 2 aromatic carbocycles. The van der Waals surface area contributed by atoms with Crippen molar-refractivity contribution in [1.29, 1.82) is 0 Å². The van der Waals surface area contributed by atoms with Crippen LogP contribution in [0, 0.1) is 13.8 Å². The minimum atomic E-state index is -0.333. The largest absolute Gasteiger partial charge is 0.487 e. The Hall–Kier alpha value is -2.20. The lowest BCUT2D eigenvalue weighted by Gasteiger charge is -2.38. The number of hydrogen-bond donors (Lipinski definition) is 2. The van der Waals surface area contributed by atoms with E-state index in [1.807, 2.05) is 45.9 Å². The van der Waals surface area contributed by atoms with Crippen molar-refractivity contribution in [3.63, 3.8) is 0 Å².